The molecule has 0 N–H and O–H groups in total. The van der Waals surface area contributed by atoms with Crippen molar-refractivity contribution < 1.29 is 9.53 Å². The number of rotatable bonds is 3. The van der Waals surface area contributed by atoms with Crippen molar-refractivity contribution in [2.75, 3.05) is 0 Å². The number of carbonyl (C=O) groups excluding carboxylic acids is 1. The Bertz CT molecular complexity index is 582. The molecule has 0 radical (unpaired) electrons. The third-order valence-corrected chi connectivity index (χ3v) is 2.75. The van der Waals surface area contributed by atoms with Gasteiger partial charge in [-0.25, -0.2) is 0 Å². The Morgan fingerprint density at radius 3 is 2.68 bits per heavy atom. The van der Waals surface area contributed by atoms with Gasteiger partial charge in [0.25, 0.3) is 0 Å². The van der Waals surface area contributed by atoms with Crippen molar-refractivity contribution >= 4 is 5.97 Å². The minimum absolute atomic E-state index is 0.163. The summed E-state index contributed by atoms with van der Waals surface area (Å²) in [6.07, 6.45) is 1.58. The number of hydrogen-bond acceptors (Lipinski definition) is 5. The summed E-state index contributed by atoms with van der Waals surface area (Å²) < 4.78 is 5.37. The average Bonchev–Trinajstić information content (AvgIpc) is 2.42. The summed E-state index contributed by atoms with van der Waals surface area (Å²) in [6, 6.07) is 7.27. The van der Waals surface area contributed by atoms with Crippen molar-refractivity contribution in [2.45, 2.75) is 20.8 Å². The molecule has 2 rings (SSSR count). The first-order valence-corrected chi connectivity index (χ1v) is 6.05. The summed E-state index contributed by atoms with van der Waals surface area (Å²) in [5.41, 5.74) is 2.44. The zero-order valence-electron chi connectivity index (χ0n) is 11.1. The van der Waals surface area contributed by atoms with Gasteiger partial charge in [0, 0.05) is 11.1 Å². The van der Waals surface area contributed by atoms with Crippen LogP contribution in [-0.2, 0) is 4.79 Å². The third kappa shape index (κ3) is 2.93. The van der Waals surface area contributed by atoms with Gasteiger partial charge in [0.15, 0.2) is 0 Å². The molecule has 0 bridgehead atoms. The van der Waals surface area contributed by atoms with Crippen molar-refractivity contribution in [3.8, 4) is 17.0 Å². The number of aromatic nitrogens is 3. The fourth-order valence-corrected chi connectivity index (χ4v) is 1.61. The first kappa shape index (κ1) is 13.1. The van der Waals surface area contributed by atoms with Crippen molar-refractivity contribution in [1.29, 1.82) is 0 Å². The molecular weight excluding hydrogens is 242 g/mol. The lowest BCUT2D eigenvalue weighted by Gasteiger charge is -2.12. The van der Waals surface area contributed by atoms with Crippen LogP contribution in [0.25, 0.3) is 11.3 Å². The Labute approximate surface area is 111 Å². The quantitative estimate of drug-likeness (QED) is 0.624. The van der Waals surface area contributed by atoms with E-state index in [1.807, 2.05) is 19.1 Å². The summed E-state index contributed by atoms with van der Waals surface area (Å²) in [5.74, 6) is 0.139. The van der Waals surface area contributed by atoms with Crippen LogP contribution in [0.5, 0.6) is 5.75 Å². The van der Waals surface area contributed by atoms with Crippen molar-refractivity contribution in [3.63, 3.8) is 0 Å². The molecule has 0 saturated carbocycles. The third-order valence-electron chi connectivity index (χ3n) is 2.75. The van der Waals surface area contributed by atoms with Gasteiger partial charge < -0.3 is 4.74 Å². The van der Waals surface area contributed by atoms with Crippen molar-refractivity contribution in [1.82, 2.24) is 15.4 Å². The van der Waals surface area contributed by atoms with Crippen LogP contribution in [0.1, 0.15) is 19.4 Å². The lowest BCUT2D eigenvalue weighted by Crippen LogP contribution is -2.15. The number of nitrogens with zero attached hydrogens (tertiary/aromatic N) is 3. The Morgan fingerprint density at radius 2 is 2.05 bits per heavy atom. The minimum Gasteiger partial charge on any atom is -0.426 e. The van der Waals surface area contributed by atoms with Crippen LogP contribution in [-0.4, -0.2) is 21.4 Å². The normalized spacial score (nSPS) is 10.5. The summed E-state index contributed by atoms with van der Waals surface area (Å²) >= 11 is 0. The van der Waals surface area contributed by atoms with Crippen LogP contribution in [0.15, 0.2) is 30.5 Å². The van der Waals surface area contributed by atoms with Crippen LogP contribution in [0.2, 0.25) is 0 Å². The Kier molecular flexibility index (Phi) is 3.85. The highest BCUT2D eigenvalue weighted by molar-refractivity contribution is 5.76. The molecule has 0 unspecified atom stereocenters. The van der Waals surface area contributed by atoms with Crippen LogP contribution in [0.3, 0.4) is 0 Å². The first-order chi connectivity index (χ1) is 9.09. The SMILES string of the molecule is Cc1c(OC(=O)C(C)C)cccc1-c1ccnnn1. The van der Waals surface area contributed by atoms with Gasteiger partial charge in [0.05, 0.1) is 17.8 Å². The van der Waals surface area contributed by atoms with E-state index in [0.717, 1.165) is 11.1 Å². The summed E-state index contributed by atoms with van der Waals surface area (Å²) in [7, 11) is 0. The van der Waals surface area contributed by atoms with Gasteiger partial charge in [-0.15, -0.1) is 10.2 Å². The van der Waals surface area contributed by atoms with E-state index in [4.69, 9.17) is 4.74 Å². The molecule has 0 atom stereocenters. The van der Waals surface area contributed by atoms with E-state index in [1.54, 1.807) is 32.2 Å². The van der Waals surface area contributed by atoms with Gasteiger partial charge in [0.1, 0.15) is 5.75 Å². The number of carbonyl (C=O) groups is 1. The molecule has 19 heavy (non-hydrogen) atoms. The molecule has 1 aromatic carbocycles. The molecule has 5 nitrogen and oxygen atoms in total. The molecule has 0 spiro atoms. The molecule has 0 aliphatic rings. The fraction of sp³-hybridized carbons (Fsp3) is 0.286. The zero-order valence-corrected chi connectivity index (χ0v) is 11.1. The summed E-state index contributed by atoms with van der Waals surface area (Å²) in [5, 5.41) is 11.2. The highest BCUT2D eigenvalue weighted by Crippen LogP contribution is 2.28. The standard InChI is InChI=1S/C14H15N3O2/c1-9(2)14(18)19-13-6-4-5-11(10(13)3)12-7-8-15-17-16-12/h4-9H,1-3H3. The van der Waals surface area contributed by atoms with Gasteiger partial charge in [0.2, 0.25) is 0 Å². The maximum absolute atomic E-state index is 11.7. The van der Waals surface area contributed by atoms with E-state index in [1.165, 1.54) is 0 Å². The van der Waals surface area contributed by atoms with Crippen molar-refractivity contribution in [2.24, 2.45) is 5.92 Å². The molecule has 98 valence electrons. The second-order valence-corrected chi connectivity index (χ2v) is 4.51. The number of benzene rings is 1. The molecule has 0 saturated heterocycles. The number of hydrogen-bond donors (Lipinski definition) is 0. The number of esters is 1. The maximum Gasteiger partial charge on any atom is 0.313 e. The Morgan fingerprint density at radius 1 is 1.26 bits per heavy atom. The van der Waals surface area contributed by atoms with Gasteiger partial charge in [-0.05, 0) is 24.3 Å². The van der Waals surface area contributed by atoms with E-state index < -0.39 is 0 Å². The number of ether oxygens (including phenoxy) is 1. The average molecular weight is 257 g/mol. The highest BCUT2D eigenvalue weighted by Gasteiger charge is 2.14. The maximum atomic E-state index is 11.7. The predicted octanol–water partition coefficient (Wildman–Crippen LogP) is 2.41. The predicted molar refractivity (Wildman–Crippen MR) is 70.5 cm³/mol. The first-order valence-electron chi connectivity index (χ1n) is 6.05. The zero-order chi connectivity index (χ0) is 13.8. The van der Waals surface area contributed by atoms with E-state index in [2.05, 4.69) is 15.4 Å². The second-order valence-electron chi connectivity index (χ2n) is 4.51. The largest absolute Gasteiger partial charge is 0.426 e. The van der Waals surface area contributed by atoms with Crippen LogP contribution in [0.4, 0.5) is 0 Å². The van der Waals surface area contributed by atoms with Gasteiger partial charge in [-0.2, -0.15) is 0 Å². The molecule has 1 aromatic heterocycles. The lowest BCUT2D eigenvalue weighted by atomic mass is 10.0. The highest BCUT2D eigenvalue weighted by atomic mass is 16.5. The minimum atomic E-state index is -0.249. The van der Waals surface area contributed by atoms with E-state index in [-0.39, 0.29) is 11.9 Å². The van der Waals surface area contributed by atoms with E-state index in [0.29, 0.717) is 11.4 Å². The van der Waals surface area contributed by atoms with Crippen LogP contribution >= 0.6 is 0 Å². The van der Waals surface area contributed by atoms with Crippen LogP contribution < -0.4 is 4.74 Å². The molecule has 2 aromatic rings. The van der Waals surface area contributed by atoms with E-state index >= 15 is 0 Å². The van der Waals surface area contributed by atoms with Crippen molar-refractivity contribution in [3.05, 3.63) is 36.0 Å². The van der Waals surface area contributed by atoms with Gasteiger partial charge in [-0.3, -0.25) is 4.79 Å². The monoisotopic (exact) mass is 257 g/mol. The molecule has 0 aliphatic heterocycles. The van der Waals surface area contributed by atoms with E-state index in [9.17, 15) is 4.79 Å². The Hall–Kier alpha value is -2.30. The molecule has 0 aliphatic carbocycles. The molecule has 0 amide bonds. The molecule has 5 heteroatoms. The van der Waals surface area contributed by atoms with Crippen LogP contribution in [0, 0.1) is 12.8 Å². The Balaban J connectivity index is 2.36. The summed E-state index contributed by atoms with van der Waals surface area (Å²) in [4.78, 5) is 11.7. The second kappa shape index (κ2) is 5.56. The topological polar surface area (TPSA) is 65.0 Å². The lowest BCUT2D eigenvalue weighted by molar-refractivity contribution is -0.137. The molecule has 1 heterocycles. The van der Waals surface area contributed by atoms with Gasteiger partial charge >= 0.3 is 5.97 Å². The summed E-state index contributed by atoms with van der Waals surface area (Å²) in [6.45, 7) is 5.49. The molecule has 0 fully saturated rings. The molecular formula is C14H15N3O2. The van der Waals surface area contributed by atoms with Gasteiger partial charge in [-0.1, -0.05) is 26.0 Å². The fourth-order valence-electron chi connectivity index (χ4n) is 1.61. The smallest absolute Gasteiger partial charge is 0.313 e.